The Labute approximate surface area is 162 Å². The van der Waals surface area contributed by atoms with Crippen LogP contribution in [0.2, 0.25) is 0 Å². The number of urea groups is 1. The zero-order valence-electron chi connectivity index (χ0n) is 16.5. The number of carbonyl (C=O) groups is 2. The molecule has 3 N–H and O–H groups in total. The van der Waals surface area contributed by atoms with Gasteiger partial charge in [0, 0.05) is 25.6 Å². The van der Waals surface area contributed by atoms with Crippen molar-refractivity contribution in [2.45, 2.75) is 52.0 Å². The highest BCUT2D eigenvalue weighted by Crippen LogP contribution is 2.19. The predicted octanol–water partition coefficient (Wildman–Crippen LogP) is 2.88. The molecule has 150 valence electrons. The highest BCUT2D eigenvalue weighted by atomic mass is 16.4. The summed E-state index contributed by atoms with van der Waals surface area (Å²) in [6, 6.07) is 9.40. The number of rotatable bonds is 10. The van der Waals surface area contributed by atoms with Crippen LogP contribution in [0.3, 0.4) is 0 Å². The summed E-state index contributed by atoms with van der Waals surface area (Å²) in [6.45, 7) is 8.18. The second-order valence-corrected chi connectivity index (χ2v) is 8.29. The molecule has 1 aromatic carbocycles. The number of likely N-dealkylation sites (tertiary alicyclic amines) is 1. The molecule has 1 unspecified atom stereocenters. The number of carboxylic acid groups (broad SMARTS) is 1. The van der Waals surface area contributed by atoms with Gasteiger partial charge in [-0.15, -0.1) is 0 Å². The highest BCUT2D eigenvalue weighted by Gasteiger charge is 2.25. The van der Waals surface area contributed by atoms with Crippen molar-refractivity contribution in [2.24, 2.45) is 5.41 Å². The van der Waals surface area contributed by atoms with Crippen molar-refractivity contribution in [2.75, 3.05) is 26.2 Å². The first-order chi connectivity index (χ1) is 12.8. The zero-order valence-corrected chi connectivity index (χ0v) is 16.5. The van der Waals surface area contributed by atoms with Crippen LogP contribution in [0, 0.1) is 5.41 Å². The number of amides is 2. The topological polar surface area (TPSA) is 81.7 Å². The summed E-state index contributed by atoms with van der Waals surface area (Å²) in [6.07, 6.45) is 3.59. The lowest BCUT2D eigenvalue weighted by Gasteiger charge is -2.30. The summed E-state index contributed by atoms with van der Waals surface area (Å²) in [5.41, 5.74) is 1.08. The van der Waals surface area contributed by atoms with E-state index in [-0.39, 0.29) is 23.9 Å². The molecule has 0 spiro atoms. The molecule has 6 nitrogen and oxygen atoms in total. The number of nitrogens with zero attached hydrogens (tertiary/aromatic N) is 1. The Kier molecular flexibility index (Phi) is 8.10. The standard InChI is InChI=1S/C21H33N3O3/c1-21(2,16-24-12-6-7-13-24)15-22-20(27)23-18(10-11-19(25)26)14-17-8-4-3-5-9-17/h3-5,8-9,18H,6-7,10-16H2,1-2H3,(H,25,26)(H2,22,23,27). The van der Waals surface area contributed by atoms with E-state index >= 15 is 0 Å². The van der Waals surface area contributed by atoms with Crippen LogP contribution in [0.25, 0.3) is 0 Å². The molecular weight excluding hydrogens is 342 g/mol. The van der Waals surface area contributed by atoms with Gasteiger partial charge in [0.05, 0.1) is 0 Å². The van der Waals surface area contributed by atoms with Crippen molar-refractivity contribution in [3.63, 3.8) is 0 Å². The first kappa shape index (κ1) is 21.2. The lowest BCUT2D eigenvalue weighted by Crippen LogP contribution is -2.48. The molecule has 2 amide bonds. The van der Waals surface area contributed by atoms with Gasteiger partial charge >= 0.3 is 12.0 Å². The number of carbonyl (C=O) groups excluding carboxylic acids is 1. The van der Waals surface area contributed by atoms with Crippen LogP contribution in [0.15, 0.2) is 30.3 Å². The van der Waals surface area contributed by atoms with Gasteiger partial charge in [0.25, 0.3) is 0 Å². The smallest absolute Gasteiger partial charge is 0.315 e. The van der Waals surface area contributed by atoms with Crippen LogP contribution >= 0.6 is 0 Å². The molecule has 1 atom stereocenters. The Morgan fingerprint density at radius 3 is 2.48 bits per heavy atom. The van der Waals surface area contributed by atoms with Crippen LogP contribution < -0.4 is 10.6 Å². The lowest BCUT2D eigenvalue weighted by molar-refractivity contribution is -0.137. The molecule has 0 bridgehead atoms. The Balaban J connectivity index is 1.83. The van der Waals surface area contributed by atoms with Crippen molar-refractivity contribution in [1.29, 1.82) is 0 Å². The second kappa shape index (κ2) is 10.3. The van der Waals surface area contributed by atoms with Crippen molar-refractivity contribution < 1.29 is 14.7 Å². The first-order valence-electron chi connectivity index (χ1n) is 9.86. The van der Waals surface area contributed by atoms with E-state index in [0.717, 1.165) is 25.2 Å². The van der Waals surface area contributed by atoms with E-state index in [9.17, 15) is 9.59 Å². The summed E-state index contributed by atoms with van der Waals surface area (Å²) in [5.74, 6) is -0.845. The number of benzene rings is 1. The summed E-state index contributed by atoms with van der Waals surface area (Å²) >= 11 is 0. The maximum absolute atomic E-state index is 12.4. The van der Waals surface area contributed by atoms with Gasteiger partial charge in [0.1, 0.15) is 0 Å². The molecule has 1 aliphatic heterocycles. The Morgan fingerprint density at radius 2 is 1.85 bits per heavy atom. The molecule has 1 aromatic rings. The maximum atomic E-state index is 12.4. The number of hydrogen-bond donors (Lipinski definition) is 3. The predicted molar refractivity (Wildman–Crippen MR) is 107 cm³/mol. The normalized spacial score (nSPS) is 16.1. The number of nitrogens with one attached hydrogen (secondary N) is 2. The monoisotopic (exact) mass is 375 g/mol. The number of carboxylic acids is 1. The minimum absolute atomic E-state index is 0.00231. The quantitative estimate of drug-likeness (QED) is 0.587. The first-order valence-corrected chi connectivity index (χ1v) is 9.86. The van der Waals surface area contributed by atoms with Gasteiger partial charge in [0.2, 0.25) is 0 Å². The van der Waals surface area contributed by atoms with Crippen molar-refractivity contribution >= 4 is 12.0 Å². The molecule has 6 heteroatoms. The van der Waals surface area contributed by atoms with Crippen LogP contribution in [0.4, 0.5) is 4.79 Å². The molecule has 1 heterocycles. The Bertz CT molecular complexity index is 598. The Morgan fingerprint density at radius 1 is 1.19 bits per heavy atom. The van der Waals surface area contributed by atoms with E-state index in [2.05, 4.69) is 29.4 Å². The van der Waals surface area contributed by atoms with Gasteiger partial charge < -0.3 is 20.6 Å². The molecular formula is C21H33N3O3. The molecule has 0 saturated carbocycles. The fraction of sp³-hybridized carbons (Fsp3) is 0.619. The summed E-state index contributed by atoms with van der Waals surface area (Å²) in [4.78, 5) is 25.8. The third-order valence-electron chi connectivity index (χ3n) is 4.94. The van der Waals surface area contributed by atoms with Gasteiger partial charge in [-0.2, -0.15) is 0 Å². The minimum atomic E-state index is -0.845. The molecule has 0 aromatic heterocycles. The lowest BCUT2D eigenvalue weighted by atomic mass is 9.93. The van der Waals surface area contributed by atoms with E-state index < -0.39 is 5.97 Å². The van der Waals surface area contributed by atoms with Gasteiger partial charge in [-0.25, -0.2) is 4.79 Å². The summed E-state index contributed by atoms with van der Waals surface area (Å²) in [7, 11) is 0. The van der Waals surface area contributed by atoms with Crippen LogP contribution in [0.1, 0.15) is 45.1 Å². The van der Waals surface area contributed by atoms with Crippen molar-refractivity contribution in [3.05, 3.63) is 35.9 Å². The third-order valence-corrected chi connectivity index (χ3v) is 4.94. The second-order valence-electron chi connectivity index (χ2n) is 8.29. The third kappa shape index (κ3) is 8.43. The van der Waals surface area contributed by atoms with E-state index in [1.54, 1.807) is 0 Å². The van der Waals surface area contributed by atoms with E-state index in [1.807, 2.05) is 30.3 Å². The zero-order chi connectivity index (χ0) is 19.7. The van der Waals surface area contributed by atoms with Crippen molar-refractivity contribution in [1.82, 2.24) is 15.5 Å². The average Bonchev–Trinajstić information content (AvgIpc) is 3.11. The highest BCUT2D eigenvalue weighted by molar-refractivity contribution is 5.74. The largest absolute Gasteiger partial charge is 0.481 e. The molecule has 27 heavy (non-hydrogen) atoms. The molecule has 1 aliphatic rings. The summed E-state index contributed by atoms with van der Waals surface area (Å²) in [5, 5.41) is 14.9. The SMILES string of the molecule is CC(C)(CNC(=O)NC(CCC(=O)O)Cc1ccccc1)CN1CCCC1. The van der Waals surface area contributed by atoms with Crippen LogP contribution in [-0.2, 0) is 11.2 Å². The van der Waals surface area contributed by atoms with E-state index in [4.69, 9.17) is 5.11 Å². The van der Waals surface area contributed by atoms with Crippen molar-refractivity contribution in [3.8, 4) is 0 Å². The van der Waals surface area contributed by atoms with Gasteiger partial charge in [0.15, 0.2) is 0 Å². The molecule has 0 radical (unpaired) electrons. The molecule has 0 aliphatic carbocycles. The van der Waals surface area contributed by atoms with E-state index in [0.29, 0.717) is 19.4 Å². The number of aliphatic carboxylic acids is 1. The van der Waals surface area contributed by atoms with Gasteiger partial charge in [-0.1, -0.05) is 44.2 Å². The maximum Gasteiger partial charge on any atom is 0.315 e. The van der Waals surface area contributed by atoms with Gasteiger partial charge in [-0.05, 0) is 49.8 Å². The summed E-state index contributed by atoms with van der Waals surface area (Å²) < 4.78 is 0. The molecule has 1 fully saturated rings. The molecule has 1 saturated heterocycles. The Hall–Kier alpha value is -2.08. The minimum Gasteiger partial charge on any atom is -0.481 e. The van der Waals surface area contributed by atoms with E-state index in [1.165, 1.54) is 12.8 Å². The fourth-order valence-electron chi connectivity index (χ4n) is 3.58. The number of hydrogen-bond acceptors (Lipinski definition) is 3. The average molecular weight is 376 g/mol. The van der Waals surface area contributed by atoms with Crippen LogP contribution in [0.5, 0.6) is 0 Å². The molecule has 2 rings (SSSR count). The fourth-order valence-corrected chi connectivity index (χ4v) is 3.58. The van der Waals surface area contributed by atoms with Crippen LogP contribution in [-0.4, -0.2) is 54.2 Å². The van der Waals surface area contributed by atoms with Gasteiger partial charge in [-0.3, -0.25) is 4.79 Å².